The molecule has 1 aromatic heterocycles. The van der Waals surface area contributed by atoms with Crippen LogP contribution in [-0.2, 0) is 9.57 Å². The van der Waals surface area contributed by atoms with E-state index in [9.17, 15) is 0 Å². The number of methoxy groups -OCH3 is 1. The molecule has 0 aliphatic rings. The van der Waals surface area contributed by atoms with Gasteiger partial charge in [0.05, 0.1) is 23.9 Å². The van der Waals surface area contributed by atoms with E-state index >= 15 is 0 Å². The van der Waals surface area contributed by atoms with Crippen LogP contribution in [0.4, 0.5) is 0 Å². The minimum absolute atomic E-state index is 0.343. The molecule has 0 aliphatic heterocycles. The largest absolute Gasteiger partial charge is 0.484 e. The molecular weight excluding hydrogens is 430 g/mol. The highest BCUT2D eigenvalue weighted by atomic mass is 79.9. The van der Waals surface area contributed by atoms with Gasteiger partial charge in [-0.2, -0.15) is 0 Å². The lowest BCUT2D eigenvalue weighted by Gasteiger charge is -2.29. The number of thiocarbonyl (C=S) groups is 1. The Labute approximate surface area is 173 Å². The van der Waals surface area contributed by atoms with Gasteiger partial charge in [-0.05, 0) is 60.5 Å². The van der Waals surface area contributed by atoms with E-state index in [2.05, 4.69) is 31.4 Å². The molecule has 0 aliphatic carbocycles. The fraction of sp³-hybridized carbons (Fsp3) is 0.421. The summed E-state index contributed by atoms with van der Waals surface area (Å²) in [6.45, 7) is 6.20. The van der Waals surface area contributed by atoms with Crippen LogP contribution in [0.1, 0.15) is 19.4 Å². The maximum atomic E-state index is 6.07. The molecule has 2 aromatic rings. The highest BCUT2D eigenvalue weighted by molar-refractivity contribution is 9.10. The van der Waals surface area contributed by atoms with Crippen LogP contribution >= 0.6 is 28.1 Å². The van der Waals surface area contributed by atoms with Gasteiger partial charge in [0.25, 0.3) is 0 Å². The number of rotatable bonds is 8. The van der Waals surface area contributed by atoms with Gasteiger partial charge in [-0.3, -0.25) is 4.98 Å². The van der Waals surface area contributed by atoms with Crippen LogP contribution in [0.15, 0.2) is 34.0 Å². The second-order valence-corrected chi connectivity index (χ2v) is 7.84. The van der Waals surface area contributed by atoms with Crippen LogP contribution in [0.3, 0.4) is 0 Å². The van der Waals surface area contributed by atoms with Gasteiger partial charge >= 0.3 is 0 Å². The quantitative estimate of drug-likeness (QED) is 0.369. The third-order valence-electron chi connectivity index (χ3n) is 3.89. The highest BCUT2D eigenvalue weighted by Crippen LogP contribution is 2.26. The first kappa shape index (κ1) is 21.5. The Morgan fingerprint density at radius 2 is 2.15 bits per heavy atom. The number of halogens is 1. The van der Waals surface area contributed by atoms with Crippen molar-refractivity contribution >= 4 is 50.3 Å². The van der Waals surface area contributed by atoms with E-state index in [0.717, 1.165) is 26.7 Å². The van der Waals surface area contributed by atoms with E-state index in [1.807, 2.05) is 39.0 Å². The van der Waals surface area contributed by atoms with Crippen molar-refractivity contribution < 1.29 is 14.3 Å². The van der Waals surface area contributed by atoms with E-state index in [1.54, 1.807) is 19.5 Å². The number of aromatic nitrogens is 1. The summed E-state index contributed by atoms with van der Waals surface area (Å²) in [6.07, 6.45) is 3.07. The lowest BCUT2D eigenvalue weighted by Crippen LogP contribution is -2.53. The third kappa shape index (κ3) is 5.85. The summed E-state index contributed by atoms with van der Waals surface area (Å²) in [5, 5.41) is 8.08. The topological polar surface area (TPSA) is 65.0 Å². The van der Waals surface area contributed by atoms with Crippen molar-refractivity contribution in [2.75, 3.05) is 20.8 Å². The number of fused-ring (bicyclic) bond motifs is 1. The molecule has 0 bridgehead atoms. The van der Waals surface area contributed by atoms with E-state index in [1.165, 1.54) is 7.11 Å². The molecule has 0 spiro atoms. The maximum Gasteiger partial charge on any atom is 0.146 e. The zero-order valence-electron chi connectivity index (χ0n) is 16.1. The first-order chi connectivity index (χ1) is 12.8. The molecule has 146 valence electrons. The molecule has 0 saturated carbocycles. The van der Waals surface area contributed by atoms with Crippen LogP contribution in [0.25, 0.3) is 10.9 Å². The zero-order valence-corrected chi connectivity index (χ0v) is 18.5. The van der Waals surface area contributed by atoms with Gasteiger partial charge < -0.3 is 19.6 Å². The molecule has 0 fully saturated rings. The number of nitrogens with zero attached hydrogens (tertiary/aromatic N) is 2. The standard InChI is InChI=1S/C19H24BrN3O3S/c1-12-6-16(8-14-7-15(20)9-21-17(12)14)26-13(2)18(27)23-19(3,11-24-4)10-22-25-5/h6-10,13H,11H2,1-5H3,(H,23,27). The van der Waals surface area contributed by atoms with E-state index in [4.69, 9.17) is 26.5 Å². The Bertz CT molecular complexity index is 846. The molecule has 27 heavy (non-hydrogen) atoms. The number of benzene rings is 1. The summed E-state index contributed by atoms with van der Waals surface area (Å²) in [6, 6.07) is 5.93. The molecule has 8 heteroatoms. The molecule has 2 atom stereocenters. The molecule has 6 nitrogen and oxygen atoms in total. The second-order valence-electron chi connectivity index (χ2n) is 6.48. The molecule has 0 saturated heterocycles. The van der Waals surface area contributed by atoms with Gasteiger partial charge in [0.15, 0.2) is 0 Å². The number of hydrogen-bond donors (Lipinski definition) is 1. The number of pyridine rings is 1. The predicted octanol–water partition coefficient (Wildman–Crippen LogP) is 4.03. The Morgan fingerprint density at radius 3 is 2.81 bits per heavy atom. The van der Waals surface area contributed by atoms with Gasteiger partial charge in [0.2, 0.25) is 0 Å². The summed E-state index contributed by atoms with van der Waals surface area (Å²) in [7, 11) is 3.11. The van der Waals surface area contributed by atoms with Crippen molar-refractivity contribution in [2.24, 2.45) is 5.16 Å². The Morgan fingerprint density at radius 1 is 1.41 bits per heavy atom. The summed E-state index contributed by atoms with van der Waals surface area (Å²) < 4.78 is 12.2. The first-order valence-electron chi connectivity index (χ1n) is 8.39. The van der Waals surface area contributed by atoms with Crippen molar-refractivity contribution in [3.05, 3.63) is 34.4 Å². The Balaban J connectivity index is 2.15. The SMILES string of the molecule is COCC(C)(C=NOC)NC(=S)C(C)Oc1cc(C)c2ncc(Br)cc2c1. The van der Waals surface area contributed by atoms with Gasteiger partial charge in [0.1, 0.15) is 24.0 Å². The first-order valence-corrected chi connectivity index (χ1v) is 9.59. The predicted molar refractivity (Wildman–Crippen MR) is 116 cm³/mol. The smallest absolute Gasteiger partial charge is 0.146 e. The summed E-state index contributed by atoms with van der Waals surface area (Å²) in [5.74, 6) is 0.732. The monoisotopic (exact) mass is 453 g/mol. The molecule has 1 N–H and O–H groups in total. The van der Waals surface area contributed by atoms with E-state index < -0.39 is 5.54 Å². The van der Waals surface area contributed by atoms with Crippen molar-refractivity contribution in [1.29, 1.82) is 0 Å². The van der Waals surface area contributed by atoms with Crippen LogP contribution in [0.5, 0.6) is 5.75 Å². The zero-order chi connectivity index (χ0) is 20.0. The van der Waals surface area contributed by atoms with Crippen molar-refractivity contribution in [3.63, 3.8) is 0 Å². The fourth-order valence-electron chi connectivity index (χ4n) is 2.65. The lowest BCUT2D eigenvalue weighted by atomic mass is 10.1. The van der Waals surface area contributed by atoms with E-state index in [-0.39, 0.29) is 6.10 Å². The van der Waals surface area contributed by atoms with Crippen LogP contribution in [0, 0.1) is 6.92 Å². The van der Waals surface area contributed by atoms with Crippen molar-refractivity contribution in [2.45, 2.75) is 32.4 Å². The molecular formula is C19H24BrN3O3S. The average Bonchev–Trinajstić information content (AvgIpc) is 2.59. The molecule has 2 unspecified atom stereocenters. The number of nitrogens with one attached hydrogen (secondary N) is 1. The van der Waals surface area contributed by atoms with Crippen molar-refractivity contribution in [3.8, 4) is 5.75 Å². The number of ether oxygens (including phenoxy) is 2. The minimum atomic E-state index is -0.604. The summed E-state index contributed by atoms with van der Waals surface area (Å²) in [4.78, 5) is 9.77. The van der Waals surface area contributed by atoms with Gasteiger partial charge in [0, 0.05) is 23.2 Å². The number of aryl methyl sites for hydroxylation is 1. The lowest BCUT2D eigenvalue weighted by molar-refractivity contribution is 0.155. The van der Waals surface area contributed by atoms with Gasteiger partial charge in [-0.15, -0.1) is 0 Å². The average molecular weight is 454 g/mol. The normalized spacial score (nSPS) is 14.7. The van der Waals surface area contributed by atoms with Crippen LogP contribution in [-0.4, -0.2) is 48.7 Å². The number of oxime groups is 1. The molecule has 2 rings (SSSR count). The maximum absolute atomic E-state index is 6.07. The summed E-state index contributed by atoms with van der Waals surface area (Å²) in [5.41, 5.74) is 1.38. The summed E-state index contributed by atoms with van der Waals surface area (Å²) >= 11 is 8.98. The second kappa shape index (κ2) is 9.43. The Kier molecular flexibility index (Phi) is 7.52. The molecule has 0 amide bonds. The van der Waals surface area contributed by atoms with E-state index in [0.29, 0.717) is 11.6 Å². The van der Waals surface area contributed by atoms with Crippen molar-refractivity contribution in [1.82, 2.24) is 10.3 Å². The molecule has 0 radical (unpaired) electrons. The fourth-order valence-corrected chi connectivity index (χ4v) is 3.28. The van der Waals surface area contributed by atoms with Gasteiger partial charge in [-0.25, -0.2) is 0 Å². The number of hydrogen-bond acceptors (Lipinski definition) is 6. The van der Waals surface area contributed by atoms with Crippen LogP contribution < -0.4 is 10.1 Å². The Hall–Kier alpha value is -1.77. The molecule has 1 heterocycles. The molecule has 1 aromatic carbocycles. The third-order valence-corrected chi connectivity index (χ3v) is 4.76. The highest BCUT2D eigenvalue weighted by Gasteiger charge is 2.26. The minimum Gasteiger partial charge on any atom is -0.484 e. The van der Waals surface area contributed by atoms with Gasteiger partial charge in [-0.1, -0.05) is 17.4 Å². The van der Waals surface area contributed by atoms with Crippen LogP contribution in [0.2, 0.25) is 0 Å².